The first kappa shape index (κ1) is 25.0. The summed E-state index contributed by atoms with van der Waals surface area (Å²) in [6.45, 7) is 1.77. The van der Waals surface area contributed by atoms with Crippen LogP contribution in [0.3, 0.4) is 0 Å². The van der Waals surface area contributed by atoms with Gasteiger partial charge >= 0.3 is 0 Å². The fourth-order valence-corrected chi connectivity index (χ4v) is 3.74. The lowest BCUT2D eigenvalue weighted by Crippen LogP contribution is -2.50. The molecule has 0 heterocycles. The van der Waals surface area contributed by atoms with E-state index in [9.17, 15) is 22.4 Å². The Balaban J connectivity index is 2.07. The molecule has 1 aliphatic carbocycles. The van der Waals surface area contributed by atoms with Crippen LogP contribution < -0.4 is 5.32 Å². The highest BCUT2D eigenvalue weighted by atomic mass is 32.2. The van der Waals surface area contributed by atoms with E-state index in [1.54, 1.807) is 6.92 Å². The maximum absolute atomic E-state index is 13.2. The monoisotopic (exact) mass is 453 g/mol. The van der Waals surface area contributed by atoms with E-state index < -0.39 is 27.8 Å². The standard InChI is InChI=1S/C22H32FN3O4S/c1-17(22(28)24-14-13-18-7-5-4-6-8-18)26(15-19-9-11-20(23)12-10-19)21(27)16-25(2)31(3,29)30/h7,9-12,17H,4-6,8,13-16H2,1-3H3,(H,24,28)/t17-/m1/s1. The molecule has 2 amide bonds. The van der Waals surface area contributed by atoms with Gasteiger partial charge in [-0.15, -0.1) is 0 Å². The maximum Gasteiger partial charge on any atom is 0.242 e. The van der Waals surface area contributed by atoms with Gasteiger partial charge in [-0.1, -0.05) is 23.8 Å². The molecular weight excluding hydrogens is 421 g/mol. The summed E-state index contributed by atoms with van der Waals surface area (Å²) in [4.78, 5) is 27.0. The van der Waals surface area contributed by atoms with Crippen LogP contribution in [0.4, 0.5) is 4.39 Å². The van der Waals surface area contributed by atoms with E-state index in [-0.39, 0.29) is 19.0 Å². The Morgan fingerprint density at radius 1 is 1.19 bits per heavy atom. The molecule has 1 atom stereocenters. The number of nitrogens with one attached hydrogen (secondary N) is 1. The molecular formula is C22H32FN3O4S. The first-order valence-electron chi connectivity index (χ1n) is 10.5. The highest BCUT2D eigenvalue weighted by Crippen LogP contribution is 2.19. The van der Waals surface area contributed by atoms with Crippen molar-refractivity contribution in [1.29, 1.82) is 0 Å². The molecule has 0 spiro atoms. The molecule has 1 aromatic rings. The normalized spacial score (nSPS) is 15.3. The lowest BCUT2D eigenvalue weighted by Gasteiger charge is -2.30. The van der Waals surface area contributed by atoms with Crippen LogP contribution in [-0.4, -0.2) is 61.9 Å². The summed E-state index contributed by atoms with van der Waals surface area (Å²) in [7, 11) is -2.24. The quantitative estimate of drug-likeness (QED) is 0.552. The predicted molar refractivity (Wildman–Crippen MR) is 118 cm³/mol. The minimum atomic E-state index is -3.55. The van der Waals surface area contributed by atoms with Crippen molar-refractivity contribution in [2.45, 2.75) is 51.6 Å². The van der Waals surface area contributed by atoms with Crippen molar-refractivity contribution in [3.05, 3.63) is 47.3 Å². The molecule has 0 saturated carbocycles. The van der Waals surface area contributed by atoms with Crippen molar-refractivity contribution in [1.82, 2.24) is 14.5 Å². The van der Waals surface area contributed by atoms with Crippen LogP contribution >= 0.6 is 0 Å². The second-order valence-corrected chi connectivity index (χ2v) is 10.1. The number of sulfonamides is 1. The van der Waals surface area contributed by atoms with Gasteiger partial charge in [0, 0.05) is 20.1 Å². The number of rotatable bonds is 10. The zero-order valence-corrected chi connectivity index (χ0v) is 19.3. The first-order valence-corrected chi connectivity index (χ1v) is 12.3. The summed E-state index contributed by atoms with van der Waals surface area (Å²) in [5.74, 6) is -1.22. The van der Waals surface area contributed by atoms with Gasteiger partial charge in [0.1, 0.15) is 11.9 Å². The number of halogens is 1. The lowest BCUT2D eigenvalue weighted by molar-refractivity contribution is -0.140. The molecule has 1 N–H and O–H groups in total. The van der Waals surface area contributed by atoms with Crippen molar-refractivity contribution in [2.24, 2.45) is 0 Å². The van der Waals surface area contributed by atoms with E-state index in [0.29, 0.717) is 12.1 Å². The Morgan fingerprint density at radius 2 is 1.87 bits per heavy atom. The molecule has 0 unspecified atom stereocenters. The van der Waals surface area contributed by atoms with Gasteiger partial charge in [0.25, 0.3) is 0 Å². The summed E-state index contributed by atoms with van der Waals surface area (Å²) in [5.41, 5.74) is 1.98. The second-order valence-electron chi connectivity index (χ2n) is 7.99. The molecule has 7 nitrogen and oxygen atoms in total. The lowest BCUT2D eigenvalue weighted by atomic mass is 9.97. The zero-order valence-electron chi connectivity index (χ0n) is 18.4. The third kappa shape index (κ3) is 8.06. The summed E-state index contributed by atoms with van der Waals surface area (Å²) in [6, 6.07) is 4.82. The number of carbonyl (C=O) groups excluding carboxylic acids is 2. The topological polar surface area (TPSA) is 86.8 Å². The molecule has 9 heteroatoms. The van der Waals surface area contributed by atoms with Crippen LogP contribution in [0.2, 0.25) is 0 Å². The minimum absolute atomic E-state index is 0.0659. The van der Waals surface area contributed by atoms with Gasteiger partial charge in [-0.3, -0.25) is 9.59 Å². The summed E-state index contributed by atoms with van der Waals surface area (Å²) >= 11 is 0. The molecule has 0 aromatic heterocycles. The van der Waals surface area contributed by atoms with E-state index in [1.807, 2.05) is 0 Å². The van der Waals surface area contributed by atoms with Crippen molar-refractivity contribution < 1.29 is 22.4 Å². The van der Waals surface area contributed by atoms with Gasteiger partial charge in [-0.05, 0) is 56.7 Å². The number of benzene rings is 1. The molecule has 31 heavy (non-hydrogen) atoms. The van der Waals surface area contributed by atoms with Gasteiger partial charge in [-0.25, -0.2) is 12.8 Å². The van der Waals surface area contributed by atoms with Crippen molar-refractivity contribution in [3.63, 3.8) is 0 Å². The van der Waals surface area contributed by atoms with E-state index in [0.717, 1.165) is 29.8 Å². The number of hydrogen-bond donors (Lipinski definition) is 1. The van der Waals surface area contributed by atoms with Gasteiger partial charge in [0.05, 0.1) is 12.8 Å². The van der Waals surface area contributed by atoms with Crippen molar-refractivity contribution in [3.8, 4) is 0 Å². The summed E-state index contributed by atoms with van der Waals surface area (Å²) < 4.78 is 37.6. The molecule has 1 aromatic carbocycles. The van der Waals surface area contributed by atoms with Gasteiger partial charge in [-0.2, -0.15) is 4.31 Å². The second kappa shape index (κ2) is 11.4. The molecule has 0 saturated heterocycles. The number of allylic oxidation sites excluding steroid dienone is 1. The highest BCUT2D eigenvalue weighted by Gasteiger charge is 2.28. The largest absolute Gasteiger partial charge is 0.354 e. The Hall–Kier alpha value is -2.26. The van der Waals surface area contributed by atoms with Crippen molar-refractivity contribution in [2.75, 3.05) is 26.4 Å². The molecule has 2 rings (SSSR count). The van der Waals surface area contributed by atoms with E-state index >= 15 is 0 Å². The van der Waals surface area contributed by atoms with Crippen molar-refractivity contribution >= 4 is 21.8 Å². The molecule has 172 valence electrons. The average molecular weight is 454 g/mol. The SMILES string of the molecule is C[C@H](C(=O)NCCC1=CCCCC1)N(Cc1ccc(F)cc1)C(=O)CN(C)S(C)(=O)=O. The molecule has 1 aliphatic rings. The Bertz CT molecular complexity index is 900. The van der Waals surface area contributed by atoms with Crippen LogP contribution in [0.1, 0.15) is 44.6 Å². The number of hydrogen-bond acceptors (Lipinski definition) is 4. The van der Waals surface area contributed by atoms with Gasteiger partial charge in [0.2, 0.25) is 21.8 Å². The predicted octanol–water partition coefficient (Wildman–Crippen LogP) is 2.44. The third-order valence-corrected chi connectivity index (χ3v) is 6.75. The highest BCUT2D eigenvalue weighted by molar-refractivity contribution is 7.88. The Morgan fingerprint density at radius 3 is 2.45 bits per heavy atom. The third-order valence-electron chi connectivity index (χ3n) is 5.49. The molecule has 0 fully saturated rings. The number of likely N-dealkylation sites (N-methyl/N-ethyl adjacent to an activating group) is 1. The summed E-state index contributed by atoms with van der Waals surface area (Å²) in [6.07, 6.45) is 8.53. The number of carbonyl (C=O) groups is 2. The van der Waals surface area contributed by atoms with E-state index in [4.69, 9.17) is 0 Å². The fourth-order valence-electron chi connectivity index (χ4n) is 3.39. The summed E-state index contributed by atoms with van der Waals surface area (Å²) in [5, 5.41) is 2.88. The minimum Gasteiger partial charge on any atom is -0.354 e. The number of nitrogens with zero attached hydrogens (tertiary/aromatic N) is 2. The molecule has 0 aliphatic heterocycles. The number of amides is 2. The van der Waals surface area contributed by atoms with E-state index in [1.165, 1.54) is 54.6 Å². The Labute approximate surface area is 184 Å². The van der Waals surface area contributed by atoms with Crippen LogP contribution in [0.25, 0.3) is 0 Å². The first-order chi connectivity index (χ1) is 14.6. The smallest absolute Gasteiger partial charge is 0.242 e. The maximum atomic E-state index is 13.2. The Kier molecular flexibility index (Phi) is 9.18. The molecule has 0 radical (unpaired) electrons. The van der Waals surface area contributed by atoms with Crippen LogP contribution in [-0.2, 0) is 26.2 Å². The van der Waals surface area contributed by atoms with Gasteiger partial charge < -0.3 is 10.2 Å². The van der Waals surface area contributed by atoms with Crippen LogP contribution in [0, 0.1) is 5.82 Å². The molecule has 0 bridgehead atoms. The van der Waals surface area contributed by atoms with Crippen LogP contribution in [0.5, 0.6) is 0 Å². The van der Waals surface area contributed by atoms with Crippen LogP contribution in [0.15, 0.2) is 35.9 Å². The van der Waals surface area contributed by atoms with Gasteiger partial charge in [0.15, 0.2) is 0 Å². The van der Waals surface area contributed by atoms with E-state index in [2.05, 4.69) is 11.4 Å². The fraction of sp³-hybridized carbons (Fsp3) is 0.545. The zero-order chi connectivity index (χ0) is 23.0. The average Bonchev–Trinajstić information content (AvgIpc) is 2.72.